The molecule has 0 aliphatic carbocycles. The number of carbonyl (C=O) groups excluding carboxylic acids is 1. The van der Waals surface area contributed by atoms with Crippen LogP contribution in [-0.2, 0) is 4.79 Å². The fraction of sp³-hybridized carbons (Fsp3) is 0.278. The van der Waals surface area contributed by atoms with Gasteiger partial charge in [0.25, 0.3) is 0 Å². The molecule has 0 aliphatic heterocycles. The highest BCUT2D eigenvalue weighted by Gasteiger charge is 2.03. The van der Waals surface area contributed by atoms with E-state index >= 15 is 0 Å². The first-order valence-corrected chi connectivity index (χ1v) is 7.50. The second-order valence-corrected chi connectivity index (χ2v) is 5.14. The zero-order valence-electron chi connectivity index (χ0n) is 13.1. The van der Waals surface area contributed by atoms with Gasteiger partial charge in [0.1, 0.15) is 5.75 Å². The molecule has 2 N–H and O–H groups in total. The zero-order chi connectivity index (χ0) is 15.8. The number of aryl methyl sites for hydroxylation is 1. The van der Waals surface area contributed by atoms with E-state index in [0.717, 1.165) is 23.5 Å². The number of hydrogen-bond donors (Lipinski definition) is 2. The lowest BCUT2D eigenvalue weighted by Gasteiger charge is -2.10. The third-order valence-corrected chi connectivity index (χ3v) is 3.10. The Morgan fingerprint density at radius 1 is 1.09 bits per heavy atom. The molecular formula is C18H22N2O2. The van der Waals surface area contributed by atoms with Crippen LogP contribution in [0.2, 0.25) is 0 Å². The van der Waals surface area contributed by atoms with Crippen molar-refractivity contribution in [3.8, 4) is 5.75 Å². The van der Waals surface area contributed by atoms with Crippen molar-refractivity contribution in [3.05, 3.63) is 54.1 Å². The third kappa shape index (κ3) is 5.13. The first-order chi connectivity index (χ1) is 10.7. The summed E-state index contributed by atoms with van der Waals surface area (Å²) < 4.78 is 5.57. The SMILES string of the molecule is CCCOc1cccc(NCC(=O)Nc2ccc(C)cc2)c1. The van der Waals surface area contributed by atoms with Crippen molar-refractivity contribution in [3.63, 3.8) is 0 Å². The predicted molar refractivity (Wildman–Crippen MR) is 90.5 cm³/mol. The van der Waals surface area contributed by atoms with Gasteiger partial charge in [-0.1, -0.05) is 30.7 Å². The largest absolute Gasteiger partial charge is 0.494 e. The molecule has 2 aromatic carbocycles. The summed E-state index contributed by atoms with van der Waals surface area (Å²) in [7, 11) is 0. The van der Waals surface area contributed by atoms with Crippen molar-refractivity contribution in [1.29, 1.82) is 0 Å². The lowest BCUT2D eigenvalue weighted by atomic mass is 10.2. The van der Waals surface area contributed by atoms with Crippen LogP contribution in [-0.4, -0.2) is 19.1 Å². The number of ether oxygens (including phenoxy) is 1. The Kier molecular flexibility index (Phi) is 5.83. The van der Waals surface area contributed by atoms with Crippen molar-refractivity contribution in [2.75, 3.05) is 23.8 Å². The van der Waals surface area contributed by atoms with Gasteiger partial charge in [0.15, 0.2) is 0 Å². The zero-order valence-corrected chi connectivity index (χ0v) is 13.1. The minimum Gasteiger partial charge on any atom is -0.494 e. The number of benzene rings is 2. The third-order valence-electron chi connectivity index (χ3n) is 3.10. The molecule has 0 unspecified atom stereocenters. The van der Waals surface area contributed by atoms with E-state index in [4.69, 9.17) is 4.74 Å². The fourth-order valence-electron chi connectivity index (χ4n) is 1.94. The number of nitrogens with one attached hydrogen (secondary N) is 2. The average Bonchev–Trinajstić information content (AvgIpc) is 2.53. The molecule has 0 aromatic heterocycles. The van der Waals surface area contributed by atoms with Gasteiger partial charge in [-0.2, -0.15) is 0 Å². The van der Waals surface area contributed by atoms with Crippen LogP contribution in [0.5, 0.6) is 5.75 Å². The van der Waals surface area contributed by atoms with Gasteiger partial charge >= 0.3 is 0 Å². The van der Waals surface area contributed by atoms with Gasteiger partial charge in [-0.05, 0) is 37.6 Å². The van der Waals surface area contributed by atoms with Crippen molar-refractivity contribution >= 4 is 17.3 Å². The van der Waals surface area contributed by atoms with Crippen LogP contribution in [0.25, 0.3) is 0 Å². The number of carbonyl (C=O) groups is 1. The Hall–Kier alpha value is -2.49. The van der Waals surface area contributed by atoms with Crippen LogP contribution in [0.4, 0.5) is 11.4 Å². The maximum atomic E-state index is 11.9. The molecule has 0 aliphatic rings. The molecule has 4 nitrogen and oxygen atoms in total. The Morgan fingerprint density at radius 2 is 1.86 bits per heavy atom. The molecule has 2 aromatic rings. The van der Waals surface area contributed by atoms with E-state index in [1.165, 1.54) is 5.56 Å². The predicted octanol–water partition coefficient (Wildman–Crippen LogP) is 3.83. The molecule has 4 heteroatoms. The van der Waals surface area contributed by atoms with Crippen LogP contribution in [0.3, 0.4) is 0 Å². The molecule has 0 atom stereocenters. The molecule has 0 radical (unpaired) electrons. The number of amides is 1. The van der Waals surface area contributed by atoms with Crippen molar-refractivity contribution in [2.45, 2.75) is 20.3 Å². The van der Waals surface area contributed by atoms with Gasteiger partial charge < -0.3 is 15.4 Å². The molecule has 0 saturated heterocycles. The Morgan fingerprint density at radius 3 is 2.59 bits per heavy atom. The minimum atomic E-state index is -0.0799. The van der Waals surface area contributed by atoms with Gasteiger partial charge in [-0.15, -0.1) is 0 Å². The van der Waals surface area contributed by atoms with E-state index in [9.17, 15) is 4.79 Å². The normalized spacial score (nSPS) is 10.1. The number of hydrogen-bond acceptors (Lipinski definition) is 3. The van der Waals surface area contributed by atoms with Gasteiger partial charge in [-0.3, -0.25) is 4.79 Å². The van der Waals surface area contributed by atoms with Gasteiger partial charge in [0, 0.05) is 17.4 Å². The molecule has 22 heavy (non-hydrogen) atoms. The highest BCUT2D eigenvalue weighted by Crippen LogP contribution is 2.17. The van der Waals surface area contributed by atoms with E-state index in [-0.39, 0.29) is 12.5 Å². The summed E-state index contributed by atoms with van der Waals surface area (Å²) in [5.74, 6) is 0.731. The van der Waals surface area contributed by atoms with Gasteiger partial charge in [0.05, 0.1) is 13.2 Å². The van der Waals surface area contributed by atoms with Gasteiger partial charge in [-0.25, -0.2) is 0 Å². The van der Waals surface area contributed by atoms with E-state index in [2.05, 4.69) is 17.6 Å². The second-order valence-electron chi connectivity index (χ2n) is 5.14. The minimum absolute atomic E-state index is 0.0799. The molecule has 0 bridgehead atoms. The van der Waals surface area contributed by atoms with Crippen LogP contribution >= 0.6 is 0 Å². The first-order valence-electron chi connectivity index (χ1n) is 7.50. The smallest absolute Gasteiger partial charge is 0.243 e. The van der Waals surface area contributed by atoms with Crippen LogP contribution in [0.1, 0.15) is 18.9 Å². The molecule has 0 fully saturated rings. The van der Waals surface area contributed by atoms with Crippen LogP contribution in [0.15, 0.2) is 48.5 Å². The highest BCUT2D eigenvalue weighted by molar-refractivity contribution is 5.93. The molecule has 2 rings (SSSR count). The maximum Gasteiger partial charge on any atom is 0.243 e. The summed E-state index contributed by atoms with van der Waals surface area (Å²) >= 11 is 0. The molecular weight excluding hydrogens is 276 g/mol. The first kappa shape index (κ1) is 15.9. The van der Waals surface area contributed by atoms with Crippen molar-refractivity contribution in [2.24, 2.45) is 0 Å². The number of anilines is 2. The lowest BCUT2D eigenvalue weighted by molar-refractivity contribution is -0.114. The standard InChI is InChI=1S/C18H22N2O2/c1-3-11-22-17-6-4-5-16(12-17)19-13-18(21)20-15-9-7-14(2)8-10-15/h4-10,12,19H,3,11,13H2,1-2H3,(H,20,21). The Bertz CT molecular complexity index is 609. The van der Waals surface area contributed by atoms with Gasteiger partial charge in [0.2, 0.25) is 5.91 Å². The van der Waals surface area contributed by atoms with E-state index in [0.29, 0.717) is 6.61 Å². The second kappa shape index (κ2) is 8.08. The number of rotatable bonds is 7. The highest BCUT2D eigenvalue weighted by atomic mass is 16.5. The van der Waals surface area contributed by atoms with E-state index in [1.54, 1.807) is 0 Å². The maximum absolute atomic E-state index is 11.9. The van der Waals surface area contributed by atoms with Crippen molar-refractivity contribution < 1.29 is 9.53 Å². The summed E-state index contributed by atoms with van der Waals surface area (Å²) in [6, 6.07) is 15.4. The summed E-state index contributed by atoms with van der Waals surface area (Å²) in [5.41, 5.74) is 2.84. The summed E-state index contributed by atoms with van der Waals surface area (Å²) in [5, 5.41) is 5.96. The molecule has 0 saturated carbocycles. The lowest BCUT2D eigenvalue weighted by Crippen LogP contribution is -2.21. The summed E-state index contributed by atoms with van der Waals surface area (Å²) in [6.45, 7) is 4.99. The summed E-state index contributed by atoms with van der Waals surface area (Å²) in [6.07, 6.45) is 0.969. The quantitative estimate of drug-likeness (QED) is 0.816. The van der Waals surface area contributed by atoms with E-state index in [1.807, 2.05) is 55.5 Å². The molecule has 1 amide bonds. The van der Waals surface area contributed by atoms with Crippen LogP contribution < -0.4 is 15.4 Å². The van der Waals surface area contributed by atoms with Crippen molar-refractivity contribution in [1.82, 2.24) is 0 Å². The molecule has 0 spiro atoms. The fourth-order valence-corrected chi connectivity index (χ4v) is 1.94. The van der Waals surface area contributed by atoms with Crippen LogP contribution in [0, 0.1) is 6.92 Å². The Balaban J connectivity index is 1.84. The average molecular weight is 298 g/mol. The van der Waals surface area contributed by atoms with E-state index < -0.39 is 0 Å². The topological polar surface area (TPSA) is 50.4 Å². The Labute approximate surface area is 131 Å². The monoisotopic (exact) mass is 298 g/mol. The molecule has 0 heterocycles. The summed E-state index contributed by atoms with van der Waals surface area (Å²) in [4.78, 5) is 11.9. The molecule has 116 valence electrons.